The van der Waals surface area contributed by atoms with Gasteiger partial charge in [-0.3, -0.25) is 4.98 Å². The minimum absolute atomic E-state index is 0.565. The molecular formula is C14H22N2O. The molecule has 1 fully saturated rings. The fourth-order valence-corrected chi connectivity index (χ4v) is 2.44. The van der Waals surface area contributed by atoms with E-state index in [9.17, 15) is 5.11 Å². The predicted molar refractivity (Wildman–Crippen MR) is 68.8 cm³/mol. The Hall–Kier alpha value is -0.930. The highest BCUT2D eigenvalue weighted by Crippen LogP contribution is 2.32. The zero-order valence-corrected chi connectivity index (χ0v) is 11.0. The second kappa shape index (κ2) is 4.75. The second-order valence-corrected chi connectivity index (χ2v) is 5.35. The molecule has 0 unspecified atom stereocenters. The summed E-state index contributed by atoms with van der Waals surface area (Å²) in [4.78, 5) is 6.69. The van der Waals surface area contributed by atoms with Crippen LogP contribution in [-0.2, 0) is 5.60 Å². The van der Waals surface area contributed by atoms with Gasteiger partial charge in [-0.2, -0.15) is 0 Å². The van der Waals surface area contributed by atoms with Gasteiger partial charge in [-0.25, -0.2) is 0 Å². The SMILES string of the molecule is Cc1ccc(C2(O)CCN(C(C)C)CC2)cn1. The van der Waals surface area contributed by atoms with Gasteiger partial charge in [-0.1, -0.05) is 6.07 Å². The molecule has 2 heterocycles. The maximum Gasteiger partial charge on any atom is 0.0935 e. The van der Waals surface area contributed by atoms with Crippen LogP contribution in [0.2, 0.25) is 0 Å². The number of hydrogen-bond donors (Lipinski definition) is 1. The van der Waals surface area contributed by atoms with E-state index >= 15 is 0 Å². The first-order chi connectivity index (χ1) is 8.01. The van der Waals surface area contributed by atoms with Crippen molar-refractivity contribution in [3.63, 3.8) is 0 Å². The summed E-state index contributed by atoms with van der Waals surface area (Å²) in [5.74, 6) is 0. The van der Waals surface area contributed by atoms with Crippen LogP contribution >= 0.6 is 0 Å². The molecule has 3 nitrogen and oxygen atoms in total. The first-order valence-electron chi connectivity index (χ1n) is 6.41. The number of aliphatic hydroxyl groups is 1. The second-order valence-electron chi connectivity index (χ2n) is 5.35. The summed E-state index contributed by atoms with van der Waals surface area (Å²) in [7, 11) is 0. The van der Waals surface area contributed by atoms with Gasteiger partial charge in [0.2, 0.25) is 0 Å². The van der Waals surface area contributed by atoms with E-state index in [1.165, 1.54) is 0 Å². The van der Waals surface area contributed by atoms with Crippen molar-refractivity contribution >= 4 is 0 Å². The molecule has 3 heteroatoms. The van der Waals surface area contributed by atoms with Gasteiger partial charge in [0, 0.05) is 36.6 Å². The summed E-state index contributed by atoms with van der Waals surface area (Å²) in [5.41, 5.74) is 1.29. The van der Waals surface area contributed by atoms with Crippen LogP contribution in [0, 0.1) is 6.92 Å². The number of hydrogen-bond acceptors (Lipinski definition) is 3. The Labute approximate surface area is 103 Å². The Bertz CT molecular complexity index is 364. The monoisotopic (exact) mass is 234 g/mol. The van der Waals surface area contributed by atoms with Crippen molar-refractivity contribution in [3.8, 4) is 0 Å². The largest absolute Gasteiger partial charge is 0.385 e. The zero-order chi connectivity index (χ0) is 12.5. The summed E-state index contributed by atoms with van der Waals surface area (Å²) in [6.45, 7) is 8.30. The van der Waals surface area contributed by atoms with Gasteiger partial charge < -0.3 is 10.0 Å². The van der Waals surface area contributed by atoms with E-state index in [0.717, 1.165) is 37.2 Å². The van der Waals surface area contributed by atoms with Gasteiger partial charge in [0.25, 0.3) is 0 Å². The van der Waals surface area contributed by atoms with Gasteiger partial charge in [0.1, 0.15) is 0 Å². The van der Waals surface area contributed by atoms with Crippen molar-refractivity contribution in [2.75, 3.05) is 13.1 Å². The first-order valence-corrected chi connectivity index (χ1v) is 6.41. The van der Waals surface area contributed by atoms with Crippen molar-refractivity contribution < 1.29 is 5.11 Å². The highest BCUT2D eigenvalue weighted by Gasteiger charge is 2.34. The Morgan fingerprint density at radius 3 is 2.41 bits per heavy atom. The van der Waals surface area contributed by atoms with Crippen LogP contribution in [0.25, 0.3) is 0 Å². The van der Waals surface area contributed by atoms with Crippen LogP contribution in [0.15, 0.2) is 18.3 Å². The Balaban J connectivity index is 2.09. The van der Waals surface area contributed by atoms with E-state index in [2.05, 4.69) is 23.7 Å². The van der Waals surface area contributed by atoms with Crippen molar-refractivity contribution in [3.05, 3.63) is 29.6 Å². The van der Waals surface area contributed by atoms with Crippen molar-refractivity contribution in [1.82, 2.24) is 9.88 Å². The minimum atomic E-state index is -0.675. The fraction of sp³-hybridized carbons (Fsp3) is 0.643. The molecule has 0 saturated carbocycles. The number of likely N-dealkylation sites (tertiary alicyclic amines) is 1. The average Bonchev–Trinajstić information content (AvgIpc) is 2.30. The standard InChI is InChI=1S/C14H22N2O/c1-11(2)16-8-6-14(17,7-9-16)13-5-4-12(3)15-10-13/h4-5,10-11,17H,6-9H2,1-3H3. The normalized spacial score (nSPS) is 20.8. The first kappa shape index (κ1) is 12.5. The van der Waals surface area contributed by atoms with Gasteiger partial charge >= 0.3 is 0 Å². The van der Waals surface area contributed by atoms with E-state index in [0.29, 0.717) is 6.04 Å². The number of nitrogens with zero attached hydrogens (tertiary/aromatic N) is 2. The van der Waals surface area contributed by atoms with E-state index in [1.807, 2.05) is 25.3 Å². The maximum atomic E-state index is 10.7. The quantitative estimate of drug-likeness (QED) is 0.851. The van der Waals surface area contributed by atoms with E-state index in [4.69, 9.17) is 0 Å². The molecule has 0 aliphatic carbocycles. The summed E-state index contributed by atoms with van der Waals surface area (Å²) in [5, 5.41) is 10.7. The van der Waals surface area contributed by atoms with Crippen LogP contribution < -0.4 is 0 Å². The molecule has 1 N–H and O–H groups in total. The Morgan fingerprint density at radius 2 is 1.94 bits per heavy atom. The van der Waals surface area contributed by atoms with E-state index in [-0.39, 0.29) is 0 Å². The molecular weight excluding hydrogens is 212 g/mol. The van der Waals surface area contributed by atoms with Crippen molar-refractivity contribution in [2.24, 2.45) is 0 Å². The van der Waals surface area contributed by atoms with Gasteiger partial charge in [0.15, 0.2) is 0 Å². The van der Waals surface area contributed by atoms with Crippen molar-refractivity contribution in [2.45, 2.75) is 45.3 Å². The molecule has 2 rings (SSSR count). The number of aryl methyl sites for hydroxylation is 1. The molecule has 0 atom stereocenters. The highest BCUT2D eigenvalue weighted by molar-refractivity contribution is 5.21. The summed E-state index contributed by atoms with van der Waals surface area (Å²) in [6, 6.07) is 4.55. The van der Waals surface area contributed by atoms with Crippen LogP contribution in [0.1, 0.15) is 37.9 Å². The van der Waals surface area contributed by atoms with Crippen LogP contribution in [-0.4, -0.2) is 34.1 Å². The van der Waals surface area contributed by atoms with Gasteiger partial charge in [-0.05, 0) is 39.7 Å². The zero-order valence-electron chi connectivity index (χ0n) is 11.0. The minimum Gasteiger partial charge on any atom is -0.385 e. The predicted octanol–water partition coefficient (Wildman–Crippen LogP) is 2.08. The molecule has 17 heavy (non-hydrogen) atoms. The number of rotatable bonds is 2. The lowest BCUT2D eigenvalue weighted by molar-refractivity contribution is -0.0326. The van der Waals surface area contributed by atoms with Gasteiger partial charge in [0.05, 0.1) is 5.60 Å². The Morgan fingerprint density at radius 1 is 1.29 bits per heavy atom. The number of piperidine rings is 1. The van der Waals surface area contributed by atoms with E-state index < -0.39 is 5.60 Å². The maximum absolute atomic E-state index is 10.7. The average molecular weight is 234 g/mol. The molecule has 1 aromatic heterocycles. The van der Waals surface area contributed by atoms with Crippen LogP contribution in [0.3, 0.4) is 0 Å². The van der Waals surface area contributed by atoms with Crippen molar-refractivity contribution in [1.29, 1.82) is 0 Å². The third-order valence-electron chi connectivity index (χ3n) is 3.80. The molecule has 1 aromatic rings. The topological polar surface area (TPSA) is 36.4 Å². The summed E-state index contributed by atoms with van der Waals surface area (Å²) < 4.78 is 0. The highest BCUT2D eigenvalue weighted by atomic mass is 16.3. The number of aromatic nitrogens is 1. The van der Waals surface area contributed by atoms with Crippen LogP contribution in [0.4, 0.5) is 0 Å². The molecule has 0 spiro atoms. The van der Waals surface area contributed by atoms with Crippen LogP contribution in [0.5, 0.6) is 0 Å². The third-order valence-corrected chi connectivity index (χ3v) is 3.80. The summed E-state index contributed by atoms with van der Waals surface area (Å²) >= 11 is 0. The molecule has 0 amide bonds. The molecule has 0 aromatic carbocycles. The Kier molecular flexibility index (Phi) is 3.50. The fourth-order valence-electron chi connectivity index (χ4n) is 2.44. The van der Waals surface area contributed by atoms with Gasteiger partial charge in [-0.15, -0.1) is 0 Å². The van der Waals surface area contributed by atoms with E-state index in [1.54, 1.807) is 0 Å². The molecule has 1 aliphatic heterocycles. The molecule has 1 saturated heterocycles. The third kappa shape index (κ3) is 2.67. The molecule has 1 aliphatic rings. The lowest BCUT2D eigenvalue weighted by atomic mass is 9.85. The lowest BCUT2D eigenvalue weighted by Gasteiger charge is -2.40. The lowest BCUT2D eigenvalue weighted by Crippen LogP contribution is -2.45. The smallest absolute Gasteiger partial charge is 0.0935 e. The molecule has 0 radical (unpaired) electrons. The molecule has 0 bridgehead atoms. The number of pyridine rings is 1. The molecule has 94 valence electrons. The summed E-state index contributed by atoms with van der Waals surface area (Å²) in [6.07, 6.45) is 3.42.